The van der Waals surface area contributed by atoms with Crippen molar-refractivity contribution >= 4 is 28.8 Å². The Balaban J connectivity index is 1.65. The average Bonchev–Trinajstić information content (AvgIpc) is 2.69. The third kappa shape index (κ3) is 3.57. The van der Waals surface area contributed by atoms with Crippen LogP contribution in [0.3, 0.4) is 0 Å². The summed E-state index contributed by atoms with van der Waals surface area (Å²) < 4.78 is 18.9. The minimum atomic E-state index is -0.519. The first-order chi connectivity index (χ1) is 13.1. The Morgan fingerprint density at radius 2 is 2.00 bits per heavy atom. The molecule has 0 saturated carbocycles. The van der Waals surface area contributed by atoms with Gasteiger partial charge in [-0.15, -0.1) is 0 Å². The van der Waals surface area contributed by atoms with Crippen molar-refractivity contribution in [3.8, 4) is 17.1 Å². The summed E-state index contributed by atoms with van der Waals surface area (Å²) in [5.74, 6) is -0.178. The lowest BCUT2D eigenvalue weighted by Gasteiger charge is -2.17. The molecule has 7 heteroatoms. The zero-order valence-electron chi connectivity index (χ0n) is 14.0. The fourth-order valence-electron chi connectivity index (χ4n) is 2.78. The number of nitrogens with zero attached hydrogens (tertiary/aromatic N) is 3. The van der Waals surface area contributed by atoms with Gasteiger partial charge in [0.15, 0.2) is 5.78 Å². The van der Waals surface area contributed by atoms with E-state index in [1.807, 2.05) is 12.1 Å². The quantitative estimate of drug-likeness (QED) is 0.658. The van der Waals surface area contributed by atoms with Gasteiger partial charge in [-0.25, -0.2) is 4.39 Å². The summed E-state index contributed by atoms with van der Waals surface area (Å²) in [6.07, 6.45) is 3.39. The van der Waals surface area contributed by atoms with Crippen molar-refractivity contribution in [1.29, 1.82) is 0 Å². The first-order valence-electron chi connectivity index (χ1n) is 8.20. The van der Waals surface area contributed by atoms with E-state index in [2.05, 4.69) is 15.0 Å². The zero-order chi connectivity index (χ0) is 18.8. The number of benzene rings is 1. The number of pyridine rings is 2. The lowest BCUT2D eigenvalue weighted by Crippen LogP contribution is -2.20. The summed E-state index contributed by atoms with van der Waals surface area (Å²) in [7, 11) is 0. The van der Waals surface area contributed by atoms with Crippen LogP contribution >= 0.6 is 11.6 Å². The predicted molar refractivity (Wildman–Crippen MR) is 100 cm³/mol. The first-order valence-corrected chi connectivity index (χ1v) is 8.57. The summed E-state index contributed by atoms with van der Waals surface area (Å²) in [5, 5.41) is -0.0267. The molecule has 0 unspecified atom stereocenters. The van der Waals surface area contributed by atoms with Crippen molar-refractivity contribution in [2.75, 3.05) is 6.61 Å². The number of halogens is 2. The minimum Gasteiger partial charge on any atom is -0.488 e. The number of ketones is 1. The molecule has 0 saturated heterocycles. The molecule has 0 spiro atoms. The summed E-state index contributed by atoms with van der Waals surface area (Å²) in [6.45, 7) is 0.0870. The normalized spacial score (nSPS) is 13.1. The Hall–Kier alpha value is -3.12. The molecule has 0 fully saturated rings. The van der Waals surface area contributed by atoms with Crippen molar-refractivity contribution in [2.24, 2.45) is 4.99 Å². The molecule has 0 bridgehead atoms. The van der Waals surface area contributed by atoms with Crippen LogP contribution in [0.25, 0.3) is 11.4 Å². The fourth-order valence-corrected chi connectivity index (χ4v) is 2.95. The van der Waals surface area contributed by atoms with Gasteiger partial charge in [-0.05, 0) is 30.3 Å². The second-order valence-corrected chi connectivity index (χ2v) is 6.32. The van der Waals surface area contributed by atoms with E-state index in [0.717, 1.165) is 0 Å². The molecule has 1 aliphatic heterocycles. The summed E-state index contributed by atoms with van der Waals surface area (Å²) in [5.41, 5.74) is 2.74. The fraction of sp³-hybridized carbons (Fsp3) is 0.100. The molecule has 134 valence electrons. The third-order valence-electron chi connectivity index (χ3n) is 4.06. The highest BCUT2D eigenvalue weighted by molar-refractivity contribution is 6.30. The molecule has 2 aromatic heterocycles. The van der Waals surface area contributed by atoms with E-state index in [0.29, 0.717) is 34.1 Å². The molecular weight excluding hydrogens is 369 g/mol. The Morgan fingerprint density at radius 1 is 1.11 bits per heavy atom. The number of fused-ring (bicyclic) bond motifs is 1. The summed E-state index contributed by atoms with van der Waals surface area (Å²) in [4.78, 5) is 25.8. The van der Waals surface area contributed by atoms with Crippen LogP contribution in [0.15, 0.2) is 59.9 Å². The van der Waals surface area contributed by atoms with Crippen LogP contribution in [0.1, 0.15) is 16.8 Å². The Bertz CT molecular complexity index is 1050. The molecule has 5 nitrogen and oxygen atoms in total. The van der Waals surface area contributed by atoms with E-state index in [1.54, 1.807) is 24.5 Å². The molecule has 27 heavy (non-hydrogen) atoms. The van der Waals surface area contributed by atoms with Crippen molar-refractivity contribution in [3.05, 3.63) is 71.3 Å². The molecule has 0 radical (unpaired) electrons. The van der Waals surface area contributed by atoms with Gasteiger partial charge < -0.3 is 4.74 Å². The van der Waals surface area contributed by atoms with Gasteiger partial charge in [0.1, 0.15) is 29.6 Å². The number of hydrogen-bond donors (Lipinski definition) is 0. The van der Waals surface area contributed by atoms with Crippen LogP contribution in [0.2, 0.25) is 5.02 Å². The molecule has 0 aliphatic carbocycles. The zero-order valence-corrected chi connectivity index (χ0v) is 14.8. The predicted octanol–water partition coefficient (Wildman–Crippen LogP) is 4.67. The van der Waals surface area contributed by atoms with Crippen molar-refractivity contribution in [1.82, 2.24) is 9.97 Å². The largest absolute Gasteiger partial charge is 0.488 e. The molecule has 3 heterocycles. The molecule has 3 aromatic rings. The van der Waals surface area contributed by atoms with Gasteiger partial charge in [0, 0.05) is 24.0 Å². The van der Waals surface area contributed by atoms with E-state index >= 15 is 0 Å². The highest BCUT2D eigenvalue weighted by Crippen LogP contribution is 2.34. The average molecular weight is 382 g/mol. The molecule has 4 rings (SSSR count). The second-order valence-electron chi connectivity index (χ2n) is 5.91. The monoisotopic (exact) mass is 381 g/mol. The highest BCUT2D eigenvalue weighted by atomic mass is 35.5. The van der Waals surface area contributed by atoms with Crippen molar-refractivity contribution in [2.45, 2.75) is 6.42 Å². The highest BCUT2D eigenvalue weighted by Gasteiger charge is 2.24. The molecule has 1 aliphatic rings. The van der Waals surface area contributed by atoms with Gasteiger partial charge in [0.25, 0.3) is 0 Å². The molecule has 0 atom stereocenters. The van der Waals surface area contributed by atoms with Gasteiger partial charge in [0.05, 0.1) is 22.8 Å². The van der Waals surface area contributed by atoms with Crippen LogP contribution in [0.5, 0.6) is 5.75 Å². The maximum atomic E-state index is 13.2. The van der Waals surface area contributed by atoms with Crippen LogP contribution in [0.4, 0.5) is 10.1 Å². The number of Topliss-reactive ketones (excluding diaryl/α,β-unsaturated/α-hetero) is 1. The smallest absolute Gasteiger partial charge is 0.170 e. The number of rotatable bonds is 4. The lowest BCUT2D eigenvalue weighted by molar-refractivity contribution is 0.0998. The second kappa shape index (κ2) is 7.25. The van der Waals surface area contributed by atoms with Gasteiger partial charge in [0.2, 0.25) is 0 Å². The van der Waals surface area contributed by atoms with Gasteiger partial charge >= 0.3 is 0 Å². The van der Waals surface area contributed by atoms with E-state index in [-0.39, 0.29) is 23.8 Å². The molecule has 0 N–H and O–H groups in total. The Kier molecular flexibility index (Phi) is 4.64. The third-order valence-corrected chi connectivity index (χ3v) is 4.35. The van der Waals surface area contributed by atoms with Gasteiger partial charge in [-0.2, -0.15) is 0 Å². The van der Waals surface area contributed by atoms with E-state index < -0.39 is 5.82 Å². The van der Waals surface area contributed by atoms with E-state index in [1.165, 1.54) is 18.2 Å². The SMILES string of the molecule is O=C1CC(COc2ccc(F)c(Cl)c2)=Nc2c1ccnc2-c1ccccn1. The number of carbonyl (C=O) groups excluding carboxylic acids is 1. The van der Waals surface area contributed by atoms with Crippen molar-refractivity contribution < 1.29 is 13.9 Å². The van der Waals surface area contributed by atoms with Gasteiger partial charge in [-0.1, -0.05) is 17.7 Å². The minimum absolute atomic E-state index is 0.0267. The lowest BCUT2D eigenvalue weighted by atomic mass is 9.99. The molecule has 1 aromatic carbocycles. The van der Waals surface area contributed by atoms with Crippen LogP contribution in [-0.2, 0) is 0 Å². The Labute approximate surface area is 159 Å². The van der Waals surface area contributed by atoms with Crippen molar-refractivity contribution in [3.63, 3.8) is 0 Å². The van der Waals surface area contributed by atoms with E-state index in [9.17, 15) is 9.18 Å². The number of aliphatic imine (C=N–C) groups is 1. The summed E-state index contributed by atoms with van der Waals surface area (Å²) in [6, 6.07) is 11.2. The number of hydrogen-bond acceptors (Lipinski definition) is 5. The first kappa shape index (κ1) is 17.3. The molecular formula is C20H13ClFN3O2. The van der Waals surface area contributed by atoms with Crippen LogP contribution in [-0.4, -0.2) is 28.1 Å². The maximum Gasteiger partial charge on any atom is 0.170 e. The summed E-state index contributed by atoms with van der Waals surface area (Å²) >= 11 is 5.76. The van der Waals surface area contributed by atoms with E-state index in [4.69, 9.17) is 16.3 Å². The number of aromatic nitrogens is 2. The number of ether oxygens (including phenoxy) is 1. The topological polar surface area (TPSA) is 64.4 Å². The molecule has 0 amide bonds. The standard InChI is InChI=1S/C20H13ClFN3O2/c21-15-10-13(4-5-16(15)22)27-11-12-9-18(26)14-6-8-24-20(19(14)25-12)17-3-1-2-7-23-17/h1-8,10H,9,11H2. The maximum absolute atomic E-state index is 13.2. The number of carbonyl (C=O) groups is 1. The van der Waals surface area contributed by atoms with Crippen LogP contribution < -0.4 is 4.74 Å². The van der Waals surface area contributed by atoms with Gasteiger partial charge in [-0.3, -0.25) is 19.8 Å². The Morgan fingerprint density at radius 3 is 2.78 bits per heavy atom. The van der Waals surface area contributed by atoms with Crippen LogP contribution in [0, 0.1) is 5.82 Å².